The van der Waals surface area contributed by atoms with Gasteiger partial charge in [0.25, 0.3) is 0 Å². The Balaban J connectivity index is 1.81. The van der Waals surface area contributed by atoms with Crippen LogP contribution in [0.2, 0.25) is 0 Å². The van der Waals surface area contributed by atoms with Crippen molar-refractivity contribution in [2.75, 3.05) is 0 Å². The number of aromatic nitrogens is 3. The van der Waals surface area contributed by atoms with Crippen molar-refractivity contribution >= 4 is 17.0 Å². The molecule has 5 nitrogen and oxygen atoms in total. The van der Waals surface area contributed by atoms with Gasteiger partial charge in [-0.1, -0.05) is 18.2 Å². The predicted molar refractivity (Wildman–Crippen MR) is 74.7 cm³/mol. The summed E-state index contributed by atoms with van der Waals surface area (Å²) in [5.74, 6) is -0.0532. The minimum absolute atomic E-state index is 0.352. The van der Waals surface area contributed by atoms with Crippen molar-refractivity contribution in [1.82, 2.24) is 15.0 Å². The minimum atomic E-state index is -0.894. The number of fused-ring (bicyclic) bond motifs is 1. The molecule has 0 atom stereocenters. The summed E-state index contributed by atoms with van der Waals surface area (Å²) in [6.07, 6.45) is 4.73. The predicted octanol–water partition coefficient (Wildman–Crippen LogP) is 2.44. The molecule has 100 valence electrons. The van der Waals surface area contributed by atoms with Crippen LogP contribution in [-0.4, -0.2) is 26.0 Å². The van der Waals surface area contributed by atoms with E-state index in [1.54, 1.807) is 24.5 Å². The first-order valence-corrected chi connectivity index (χ1v) is 6.34. The molecule has 0 bridgehead atoms. The fraction of sp³-hybridized carbons (Fsp3) is 0.133. The summed E-state index contributed by atoms with van der Waals surface area (Å²) in [4.78, 5) is 22.8. The van der Waals surface area contributed by atoms with Crippen LogP contribution in [0.1, 0.15) is 21.7 Å². The van der Waals surface area contributed by atoms with E-state index in [1.165, 1.54) is 0 Å². The number of hydrogen-bond donors (Lipinski definition) is 2. The van der Waals surface area contributed by atoms with E-state index in [1.807, 2.05) is 18.2 Å². The average Bonchev–Trinajstić information content (AvgIpc) is 2.88. The number of hydrogen-bond acceptors (Lipinski definition) is 3. The number of carbonyl (C=O) groups is 1. The van der Waals surface area contributed by atoms with Crippen molar-refractivity contribution in [3.05, 3.63) is 59.7 Å². The number of rotatable bonds is 4. The first-order chi connectivity index (χ1) is 9.74. The van der Waals surface area contributed by atoms with Gasteiger partial charge in [0, 0.05) is 12.6 Å². The van der Waals surface area contributed by atoms with Gasteiger partial charge < -0.3 is 10.1 Å². The normalized spacial score (nSPS) is 10.8. The Bertz CT molecular complexity index is 731. The molecule has 2 N–H and O–H groups in total. The number of H-pyrrole nitrogens is 1. The Labute approximate surface area is 115 Å². The molecule has 0 saturated heterocycles. The number of nitrogens with one attached hydrogen (secondary N) is 1. The topological polar surface area (TPSA) is 78.9 Å². The molecule has 2 heterocycles. The third-order valence-electron chi connectivity index (χ3n) is 3.21. The fourth-order valence-corrected chi connectivity index (χ4v) is 2.23. The van der Waals surface area contributed by atoms with Crippen LogP contribution in [0.25, 0.3) is 11.0 Å². The van der Waals surface area contributed by atoms with E-state index >= 15 is 0 Å². The van der Waals surface area contributed by atoms with Gasteiger partial charge in [-0.2, -0.15) is 0 Å². The summed E-state index contributed by atoms with van der Waals surface area (Å²) in [7, 11) is 0. The lowest BCUT2D eigenvalue weighted by Gasteiger charge is -2.04. The second-order valence-corrected chi connectivity index (χ2v) is 4.54. The molecule has 3 rings (SSSR count). The van der Waals surface area contributed by atoms with E-state index in [-0.39, 0.29) is 0 Å². The highest BCUT2D eigenvalue weighted by Gasteiger charge is 2.10. The number of imidazole rings is 1. The van der Waals surface area contributed by atoms with Gasteiger partial charge in [0.05, 0.1) is 22.8 Å². The number of aromatic amines is 1. The van der Waals surface area contributed by atoms with Crippen LogP contribution in [0.3, 0.4) is 0 Å². The molecular weight excluding hydrogens is 254 g/mol. The molecule has 0 unspecified atom stereocenters. The lowest BCUT2D eigenvalue weighted by molar-refractivity contribution is 0.0695. The maximum atomic E-state index is 11.1. The molecule has 0 aliphatic rings. The molecular formula is C15H13N3O2. The fourth-order valence-electron chi connectivity index (χ4n) is 2.23. The molecule has 3 aromatic rings. The van der Waals surface area contributed by atoms with Crippen molar-refractivity contribution < 1.29 is 9.90 Å². The average molecular weight is 267 g/mol. The molecule has 0 saturated carbocycles. The van der Waals surface area contributed by atoms with Crippen LogP contribution in [0.15, 0.2) is 42.7 Å². The van der Waals surface area contributed by atoms with E-state index in [0.717, 1.165) is 22.4 Å². The molecule has 20 heavy (non-hydrogen) atoms. The molecule has 0 radical (unpaired) electrons. The van der Waals surface area contributed by atoms with Crippen LogP contribution < -0.4 is 0 Å². The molecule has 1 aromatic carbocycles. The highest BCUT2D eigenvalue weighted by Crippen LogP contribution is 2.14. The SMILES string of the molecule is O=C(O)c1ccccc1CCc1nc2ccncc2[nH]1. The molecule has 0 aliphatic carbocycles. The number of carboxylic acids is 1. The number of benzene rings is 1. The maximum Gasteiger partial charge on any atom is 0.335 e. The van der Waals surface area contributed by atoms with E-state index < -0.39 is 5.97 Å². The third kappa shape index (κ3) is 2.38. The Morgan fingerprint density at radius 2 is 2.05 bits per heavy atom. The van der Waals surface area contributed by atoms with Gasteiger partial charge in [-0.15, -0.1) is 0 Å². The lowest BCUT2D eigenvalue weighted by atomic mass is 10.0. The number of nitrogens with zero attached hydrogens (tertiary/aromatic N) is 2. The molecule has 0 fully saturated rings. The zero-order chi connectivity index (χ0) is 13.9. The molecule has 5 heteroatoms. The van der Waals surface area contributed by atoms with Crippen LogP contribution in [0, 0.1) is 0 Å². The molecule has 0 spiro atoms. The first-order valence-electron chi connectivity index (χ1n) is 6.34. The van der Waals surface area contributed by atoms with Gasteiger partial charge in [-0.25, -0.2) is 9.78 Å². The Morgan fingerprint density at radius 3 is 2.85 bits per heavy atom. The second kappa shape index (κ2) is 5.13. The second-order valence-electron chi connectivity index (χ2n) is 4.54. The van der Waals surface area contributed by atoms with E-state index in [2.05, 4.69) is 15.0 Å². The summed E-state index contributed by atoms with van der Waals surface area (Å²) < 4.78 is 0. The largest absolute Gasteiger partial charge is 0.478 e. The number of carboxylic acid groups (broad SMARTS) is 1. The zero-order valence-electron chi connectivity index (χ0n) is 10.7. The Hall–Kier alpha value is -2.69. The maximum absolute atomic E-state index is 11.1. The van der Waals surface area contributed by atoms with Gasteiger partial charge in [-0.05, 0) is 24.1 Å². The first kappa shape index (κ1) is 12.3. The Morgan fingerprint density at radius 1 is 1.20 bits per heavy atom. The monoisotopic (exact) mass is 267 g/mol. The summed E-state index contributed by atoms with van der Waals surface area (Å²) in [6.45, 7) is 0. The van der Waals surface area contributed by atoms with Gasteiger partial charge in [-0.3, -0.25) is 4.98 Å². The Kier molecular flexibility index (Phi) is 3.16. The number of aromatic carboxylic acids is 1. The van der Waals surface area contributed by atoms with Gasteiger partial charge in [0.2, 0.25) is 0 Å². The molecule has 0 aliphatic heterocycles. The van der Waals surface area contributed by atoms with Crippen molar-refractivity contribution in [2.24, 2.45) is 0 Å². The van der Waals surface area contributed by atoms with Crippen molar-refractivity contribution in [1.29, 1.82) is 0 Å². The quantitative estimate of drug-likeness (QED) is 0.761. The van der Waals surface area contributed by atoms with E-state index in [0.29, 0.717) is 18.4 Å². The van der Waals surface area contributed by atoms with E-state index in [9.17, 15) is 4.79 Å². The zero-order valence-corrected chi connectivity index (χ0v) is 10.7. The van der Waals surface area contributed by atoms with Crippen LogP contribution >= 0.6 is 0 Å². The summed E-state index contributed by atoms with van der Waals surface area (Å²) >= 11 is 0. The summed E-state index contributed by atoms with van der Waals surface area (Å²) in [5, 5.41) is 9.15. The summed E-state index contributed by atoms with van der Waals surface area (Å²) in [5.41, 5.74) is 2.94. The number of pyridine rings is 1. The van der Waals surface area contributed by atoms with Crippen molar-refractivity contribution in [2.45, 2.75) is 12.8 Å². The molecule has 2 aromatic heterocycles. The number of aryl methyl sites for hydroxylation is 2. The van der Waals surface area contributed by atoms with E-state index in [4.69, 9.17) is 5.11 Å². The van der Waals surface area contributed by atoms with Gasteiger partial charge in [0.15, 0.2) is 0 Å². The highest BCUT2D eigenvalue weighted by atomic mass is 16.4. The lowest BCUT2D eigenvalue weighted by Crippen LogP contribution is -2.03. The van der Waals surface area contributed by atoms with Crippen molar-refractivity contribution in [3.63, 3.8) is 0 Å². The van der Waals surface area contributed by atoms with Gasteiger partial charge in [0.1, 0.15) is 5.82 Å². The third-order valence-corrected chi connectivity index (χ3v) is 3.21. The molecule has 0 amide bonds. The van der Waals surface area contributed by atoms with Crippen LogP contribution in [0.5, 0.6) is 0 Å². The summed E-state index contributed by atoms with van der Waals surface area (Å²) in [6, 6.07) is 8.90. The minimum Gasteiger partial charge on any atom is -0.478 e. The van der Waals surface area contributed by atoms with Crippen LogP contribution in [-0.2, 0) is 12.8 Å². The van der Waals surface area contributed by atoms with Crippen molar-refractivity contribution in [3.8, 4) is 0 Å². The van der Waals surface area contributed by atoms with Crippen LogP contribution in [0.4, 0.5) is 0 Å². The highest BCUT2D eigenvalue weighted by molar-refractivity contribution is 5.89. The smallest absolute Gasteiger partial charge is 0.335 e. The van der Waals surface area contributed by atoms with Gasteiger partial charge >= 0.3 is 5.97 Å². The standard InChI is InChI=1S/C15H13N3O2/c19-15(20)11-4-2-1-3-10(11)5-6-14-17-12-7-8-16-9-13(12)18-14/h1-4,7-9H,5-6H2,(H,17,18)(H,19,20).